The Morgan fingerprint density at radius 3 is 1.00 bits per heavy atom. The maximum atomic E-state index is 2.74. The fourth-order valence-corrected chi connectivity index (χ4v) is 3.66. The Hall–Kier alpha value is -0.0400. The van der Waals surface area contributed by atoms with Gasteiger partial charge in [0.25, 0.3) is 0 Å². The molecule has 0 fully saturated rings. The van der Waals surface area contributed by atoms with E-state index in [1.807, 2.05) is 0 Å². The lowest BCUT2D eigenvalue weighted by Crippen LogP contribution is -2.42. The van der Waals surface area contributed by atoms with E-state index >= 15 is 0 Å². The van der Waals surface area contributed by atoms with Gasteiger partial charge in [-0.05, 0) is 46.7 Å². The summed E-state index contributed by atoms with van der Waals surface area (Å²) in [5.41, 5.74) is 0.336. The summed E-state index contributed by atoms with van der Waals surface area (Å²) in [5, 5.41) is 0. The highest BCUT2D eigenvalue weighted by molar-refractivity contribution is 4.76. The monoisotopic (exact) mass is 353 g/mol. The first-order valence-corrected chi connectivity index (χ1v) is 11.8. The van der Waals surface area contributed by atoms with Crippen LogP contribution >= 0.6 is 0 Å². The van der Waals surface area contributed by atoms with Gasteiger partial charge in [-0.2, -0.15) is 0 Å². The normalized spacial score (nSPS) is 12.2. The van der Waals surface area contributed by atoms with E-state index < -0.39 is 0 Å². The molecular weight excluding hydrogens is 302 g/mol. The summed E-state index contributed by atoms with van der Waals surface area (Å²) in [4.78, 5) is 2.74. The highest BCUT2D eigenvalue weighted by atomic mass is 15.2. The molecule has 0 aliphatic carbocycles. The van der Waals surface area contributed by atoms with Gasteiger partial charge in [-0.1, -0.05) is 104 Å². The molecule has 0 aromatic carbocycles. The standard InChI is InChI=1S/C24H51N/c1-6-8-10-12-14-16-18-20-22-25(24(3,4)5)23-21-19-17-15-13-11-9-7-2/h6-23H2,1-5H3. The fourth-order valence-electron chi connectivity index (χ4n) is 3.66. The predicted molar refractivity (Wildman–Crippen MR) is 117 cm³/mol. The van der Waals surface area contributed by atoms with Gasteiger partial charge in [0.1, 0.15) is 0 Å². The van der Waals surface area contributed by atoms with Crippen LogP contribution in [0, 0.1) is 0 Å². The Balaban J connectivity index is 3.67. The minimum Gasteiger partial charge on any atom is -0.298 e. The Morgan fingerprint density at radius 1 is 0.440 bits per heavy atom. The number of rotatable bonds is 18. The summed E-state index contributed by atoms with van der Waals surface area (Å²) in [6, 6.07) is 0. The van der Waals surface area contributed by atoms with Crippen LogP contribution in [0.1, 0.15) is 137 Å². The smallest absolute Gasteiger partial charge is 0.0125 e. The largest absolute Gasteiger partial charge is 0.298 e. The van der Waals surface area contributed by atoms with Crippen molar-refractivity contribution in [2.45, 2.75) is 143 Å². The van der Waals surface area contributed by atoms with Crippen LogP contribution in [0.4, 0.5) is 0 Å². The van der Waals surface area contributed by atoms with Crippen LogP contribution in [0.5, 0.6) is 0 Å². The van der Waals surface area contributed by atoms with Crippen LogP contribution in [0.15, 0.2) is 0 Å². The zero-order valence-corrected chi connectivity index (χ0v) is 18.7. The maximum Gasteiger partial charge on any atom is 0.0125 e. The van der Waals surface area contributed by atoms with E-state index in [4.69, 9.17) is 0 Å². The summed E-state index contributed by atoms with van der Waals surface area (Å²) in [7, 11) is 0. The first-order chi connectivity index (χ1) is 12.0. The lowest BCUT2D eigenvalue weighted by Gasteiger charge is -2.36. The molecule has 0 bridgehead atoms. The fraction of sp³-hybridized carbons (Fsp3) is 1.00. The van der Waals surface area contributed by atoms with Crippen LogP contribution in [0.2, 0.25) is 0 Å². The van der Waals surface area contributed by atoms with Gasteiger partial charge in [0.15, 0.2) is 0 Å². The Labute approximate surface area is 161 Å². The van der Waals surface area contributed by atoms with Gasteiger partial charge in [0.05, 0.1) is 0 Å². The van der Waals surface area contributed by atoms with Gasteiger partial charge in [-0.25, -0.2) is 0 Å². The molecule has 0 saturated carbocycles. The second kappa shape index (κ2) is 17.4. The SMILES string of the molecule is CCCCCCCCCCN(CCCCCCCCCC)C(C)(C)C. The molecule has 1 heteroatoms. The number of hydrogen-bond acceptors (Lipinski definition) is 1. The third-order valence-electron chi connectivity index (χ3n) is 5.51. The van der Waals surface area contributed by atoms with E-state index in [0.29, 0.717) is 5.54 Å². The van der Waals surface area contributed by atoms with Gasteiger partial charge in [-0.15, -0.1) is 0 Å². The molecule has 0 aliphatic heterocycles. The number of unbranched alkanes of at least 4 members (excludes halogenated alkanes) is 14. The van der Waals surface area contributed by atoms with Crippen molar-refractivity contribution in [1.82, 2.24) is 4.90 Å². The van der Waals surface area contributed by atoms with Crippen molar-refractivity contribution < 1.29 is 0 Å². The van der Waals surface area contributed by atoms with Gasteiger partial charge >= 0.3 is 0 Å². The molecule has 0 aromatic heterocycles. The zero-order chi connectivity index (χ0) is 18.8. The summed E-state index contributed by atoms with van der Waals surface area (Å²) in [5.74, 6) is 0. The average Bonchev–Trinajstić information content (AvgIpc) is 2.56. The molecule has 25 heavy (non-hydrogen) atoms. The highest BCUT2D eigenvalue weighted by Crippen LogP contribution is 2.17. The van der Waals surface area contributed by atoms with E-state index in [0.717, 1.165) is 0 Å². The Kier molecular flexibility index (Phi) is 17.3. The van der Waals surface area contributed by atoms with Crippen molar-refractivity contribution >= 4 is 0 Å². The molecule has 0 atom stereocenters. The van der Waals surface area contributed by atoms with Crippen LogP contribution in [0.3, 0.4) is 0 Å². The quantitative estimate of drug-likeness (QED) is 0.224. The van der Waals surface area contributed by atoms with Crippen molar-refractivity contribution in [3.8, 4) is 0 Å². The third kappa shape index (κ3) is 17.1. The second-order valence-corrected chi connectivity index (χ2v) is 9.11. The van der Waals surface area contributed by atoms with E-state index in [1.54, 1.807) is 0 Å². The molecule has 0 spiro atoms. The molecule has 0 amide bonds. The molecule has 152 valence electrons. The van der Waals surface area contributed by atoms with E-state index in [2.05, 4.69) is 39.5 Å². The number of hydrogen-bond donors (Lipinski definition) is 0. The number of nitrogens with zero attached hydrogens (tertiary/aromatic N) is 1. The molecule has 0 rings (SSSR count). The van der Waals surface area contributed by atoms with Crippen molar-refractivity contribution in [3.63, 3.8) is 0 Å². The molecule has 0 unspecified atom stereocenters. The Bertz CT molecular complexity index is 233. The minimum atomic E-state index is 0.336. The topological polar surface area (TPSA) is 3.24 Å². The molecule has 0 aliphatic rings. The minimum absolute atomic E-state index is 0.336. The van der Waals surface area contributed by atoms with Gasteiger partial charge < -0.3 is 0 Å². The maximum absolute atomic E-state index is 2.74. The summed E-state index contributed by atoms with van der Waals surface area (Å²) in [6.07, 6.45) is 22.8. The van der Waals surface area contributed by atoms with Gasteiger partial charge in [0, 0.05) is 5.54 Å². The molecule has 0 radical (unpaired) electrons. The summed E-state index contributed by atoms with van der Waals surface area (Å²) in [6.45, 7) is 14.4. The average molecular weight is 354 g/mol. The molecule has 0 N–H and O–H groups in total. The molecule has 0 aromatic rings. The van der Waals surface area contributed by atoms with Crippen molar-refractivity contribution in [1.29, 1.82) is 0 Å². The second-order valence-electron chi connectivity index (χ2n) is 9.11. The Morgan fingerprint density at radius 2 is 0.720 bits per heavy atom. The zero-order valence-electron chi connectivity index (χ0n) is 18.7. The van der Waals surface area contributed by atoms with Crippen molar-refractivity contribution in [3.05, 3.63) is 0 Å². The third-order valence-corrected chi connectivity index (χ3v) is 5.51. The lowest BCUT2D eigenvalue weighted by molar-refractivity contribution is 0.130. The summed E-state index contributed by atoms with van der Waals surface area (Å²) < 4.78 is 0. The van der Waals surface area contributed by atoms with Gasteiger partial charge in [0.2, 0.25) is 0 Å². The molecule has 1 nitrogen and oxygen atoms in total. The van der Waals surface area contributed by atoms with Crippen molar-refractivity contribution in [2.75, 3.05) is 13.1 Å². The van der Waals surface area contributed by atoms with E-state index in [9.17, 15) is 0 Å². The first-order valence-electron chi connectivity index (χ1n) is 11.8. The predicted octanol–water partition coefficient (Wildman–Crippen LogP) is 8.37. The van der Waals surface area contributed by atoms with Gasteiger partial charge in [-0.3, -0.25) is 4.90 Å². The van der Waals surface area contributed by atoms with Crippen LogP contribution in [0.25, 0.3) is 0 Å². The molecule has 0 saturated heterocycles. The summed E-state index contributed by atoms with van der Waals surface area (Å²) >= 11 is 0. The first kappa shape index (κ1) is 25.0. The van der Waals surface area contributed by atoms with E-state index in [-0.39, 0.29) is 0 Å². The van der Waals surface area contributed by atoms with Crippen LogP contribution < -0.4 is 0 Å². The van der Waals surface area contributed by atoms with E-state index in [1.165, 1.54) is 116 Å². The molecular formula is C24H51N. The lowest BCUT2D eigenvalue weighted by atomic mass is 10.0. The van der Waals surface area contributed by atoms with Crippen LogP contribution in [-0.4, -0.2) is 23.5 Å². The van der Waals surface area contributed by atoms with Crippen LogP contribution in [-0.2, 0) is 0 Å². The van der Waals surface area contributed by atoms with Crippen molar-refractivity contribution in [2.24, 2.45) is 0 Å². The highest BCUT2D eigenvalue weighted by Gasteiger charge is 2.19. The molecule has 0 heterocycles.